The lowest BCUT2D eigenvalue weighted by Gasteiger charge is -2.51. The highest BCUT2D eigenvalue weighted by molar-refractivity contribution is 5.95. The Bertz CT molecular complexity index is 1230. The van der Waals surface area contributed by atoms with Crippen molar-refractivity contribution in [1.29, 1.82) is 0 Å². The van der Waals surface area contributed by atoms with Crippen molar-refractivity contribution >= 4 is 22.3 Å². The molecule has 180 valence electrons. The number of fused-ring (bicyclic) bond motifs is 4. The highest BCUT2D eigenvalue weighted by Crippen LogP contribution is 2.37. The van der Waals surface area contributed by atoms with Crippen molar-refractivity contribution in [3.63, 3.8) is 0 Å². The molecule has 34 heavy (non-hydrogen) atoms. The van der Waals surface area contributed by atoms with Gasteiger partial charge in [0.25, 0.3) is 0 Å². The fourth-order valence-electron chi connectivity index (χ4n) is 5.44. The molecule has 3 N–H and O–H groups in total. The Labute approximate surface area is 196 Å². The number of aryl methyl sites for hydroxylation is 1. The van der Waals surface area contributed by atoms with E-state index in [4.69, 9.17) is 5.73 Å². The van der Waals surface area contributed by atoms with Gasteiger partial charge in [-0.2, -0.15) is 18.3 Å². The second-order valence-electron chi connectivity index (χ2n) is 9.48. The largest absolute Gasteiger partial charge is 0.416 e. The van der Waals surface area contributed by atoms with Crippen molar-refractivity contribution in [3.8, 4) is 0 Å². The van der Waals surface area contributed by atoms with Crippen LogP contribution in [-0.4, -0.2) is 47.3 Å². The number of nitrogens with zero attached hydrogens (tertiary/aromatic N) is 4. The fourth-order valence-corrected chi connectivity index (χ4v) is 5.44. The zero-order valence-corrected chi connectivity index (χ0v) is 19.5. The predicted octanol–water partition coefficient (Wildman–Crippen LogP) is 4.62. The van der Waals surface area contributed by atoms with Crippen molar-refractivity contribution in [3.05, 3.63) is 58.8 Å². The van der Waals surface area contributed by atoms with Gasteiger partial charge in [0.05, 0.1) is 11.3 Å². The van der Waals surface area contributed by atoms with Crippen molar-refractivity contribution in [2.24, 2.45) is 5.73 Å². The van der Waals surface area contributed by atoms with E-state index < -0.39 is 17.9 Å². The van der Waals surface area contributed by atoms with Gasteiger partial charge in [-0.15, -0.1) is 5.10 Å². The number of piperazine rings is 1. The van der Waals surface area contributed by atoms with Crippen LogP contribution in [0.4, 0.5) is 24.7 Å². The van der Waals surface area contributed by atoms with Gasteiger partial charge in [-0.25, -0.2) is 0 Å². The predicted molar refractivity (Wildman–Crippen MR) is 128 cm³/mol. The number of nitrogens with two attached hydrogens (primary N) is 1. The number of hydrogen-bond acceptors (Lipinski definition) is 6. The first-order valence-corrected chi connectivity index (χ1v) is 11.6. The summed E-state index contributed by atoms with van der Waals surface area (Å²) in [6.45, 7) is 5.36. The van der Waals surface area contributed by atoms with E-state index in [0.29, 0.717) is 23.5 Å². The number of halogens is 3. The molecule has 0 radical (unpaired) electrons. The van der Waals surface area contributed by atoms with Crippen molar-refractivity contribution < 1.29 is 13.2 Å². The summed E-state index contributed by atoms with van der Waals surface area (Å²) in [5, 5.41) is 13.5. The van der Waals surface area contributed by atoms with Crippen LogP contribution in [0.2, 0.25) is 0 Å². The van der Waals surface area contributed by atoms with E-state index in [9.17, 15) is 13.2 Å². The number of aromatic nitrogens is 2. The molecule has 1 unspecified atom stereocenters. The molecule has 1 aromatic heterocycles. The number of benzene rings is 2. The van der Waals surface area contributed by atoms with Crippen LogP contribution in [0.5, 0.6) is 0 Å². The quantitative estimate of drug-likeness (QED) is 0.543. The second kappa shape index (κ2) is 8.39. The van der Waals surface area contributed by atoms with E-state index >= 15 is 0 Å². The molecular formula is C25H29F3N6. The van der Waals surface area contributed by atoms with Crippen molar-refractivity contribution in [2.75, 3.05) is 30.4 Å². The molecular weight excluding hydrogens is 441 g/mol. The second-order valence-corrected chi connectivity index (χ2v) is 9.48. The summed E-state index contributed by atoms with van der Waals surface area (Å²) in [5.74, 6) is 0.464. The normalized spacial score (nSPS) is 21.8. The standard InChI is InChI=1S/C25H29F3N6/c1-14-19(5-4-6-22(14)25(26,27)28)23(29)30-24-21-11-16(9-10-20(21)15(2)31-32-24)34-13-17-7-8-18(34)12-33(17)3/h4-6,9-11,17-18,23H,7-8,12-13,29H2,1-3H3,(H,30,32)/t17?,18-,23-/m0/s1. The van der Waals surface area contributed by atoms with Gasteiger partial charge < -0.3 is 16.0 Å². The van der Waals surface area contributed by atoms with Gasteiger partial charge in [-0.1, -0.05) is 18.2 Å². The van der Waals surface area contributed by atoms with Crippen LogP contribution in [0.25, 0.3) is 10.8 Å². The van der Waals surface area contributed by atoms with Gasteiger partial charge in [0.15, 0.2) is 5.82 Å². The smallest absolute Gasteiger partial charge is 0.366 e. The van der Waals surface area contributed by atoms with Gasteiger partial charge in [0.1, 0.15) is 6.17 Å². The van der Waals surface area contributed by atoms with Gasteiger partial charge in [0, 0.05) is 41.6 Å². The highest BCUT2D eigenvalue weighted by Gasteiger charge is 2.37. The third-order valence-corrected chi connectivity index (χ3v) is 7.39. The van der Waals surface area contributed by atoms with E-state index in [-0.39, 0.29) is 5.56 Å². The van der Waals surface area contributed by atoms with Crippen molar-refractivity contribution in [1.82, 2.24) is 15.1 Å². The Morgan fingerprint density at radius 3 is 2.47 bits per heavy atom. The molecule has 0 spiro atoms. The van der Waals surface area contributed by atoms with Crippen LogP contribution in [0.1, 0.15) is 41.4 Å². The lowest BCUT2D eigenvalue weighted by Crippen LogP contribution is -2.61. The molecule has 0 amide bonds. The molecule has 0 saturated carbocycles. The van der Waals surface area contributed by atoms with Gasteiger partial charge in [-0.05, 0) is 63.1 Å². The maximum atomic E-state index is 13.4. The maximum Gasteiger partial charge on any atom is 0.416 e. The molecule has 2 aromatic carbocycles. The van der Waals surface area contributed by atoms with Crippen LogP contribution in [0, 0.1) is 13.8 Å². The van der Waals surface area contributed by atoms with E-state index in [2.05, 4.69) is 44.5 Å². The molecule has 3 aliphatic heterocycles. The molecule has 9 heteroatoms. The van der Waals surface area contributed by atoms with Crippen LogP contribution >= 0.6 is 0 Å². The van der Waals surface area contributed by atoms with Gasteiger partial charge in [-0.3, -0.25) is 4.90 Å². The van der Waals surface area contributed by atoms with Crippen LogP contribution in [0.3, 0.4) is 0 Å². The minimum absolute atomic E-state index is 0.105. The lowest BCUT2D eigenvalue weighted by atomic mass is 9.90. The average Bonchev–Trinajstić information content (AvgIpc) is 2.80. The number of anilines is 2. The molecule has 4 heterocycles. The van der Waals surface area contributed by atoms with E-state index in [1.807, 2.05) is 13.0 Å². The Morgan fingerprint density at radius 2 is 1.79 bits per heavy atom. The molecule has 3 aromatic rings. The monoisotopic (exact) mass is 470 g/mol. The third kappa shape index (κ3) is 3.96. The Balaban J connectivity index is 1.50. The summed E-state index contributed by atoms with van der Waals surface area (Å²) in [6, 6.07) is 11.4. The maximum absolute atomic E-state index is 13.4. The van der Waals surface area contributed by atoms with Crippen LogP contribution in [0.15, 0.2) is 36.4 Å². The number of likely N-dealkylation sites (N-methyl/N-ethyl adjacent to an activating group) is 1. The Hall–Kier alpha value is -2.91. The number of piperidine rings is 2. The number of nitrogens with one attached hydrogen (secondary N) is 1. The number of alkyl halides is 3. The Kier molecular flexibility index (Phi) is 5.64. The fraction of sp³-hybridized carbons (Fsp3) is 0.440. The third-order valence-electron chi connectivity index (χ3n) is 7.39. The summed E-state index contributed by atoms with van der Waals surface area (Å²) >= 11 is 0. The highest BCUT2D eigenvalue weighted by atomic mass is 19.4. The first-order valence-electron chi connectivity index (χ1n) is 11.6. The zero-order chi connectivity index (χ0) is 24.2. The molecule has 3 aliphatic rings. The summed E-state index contributed by atoms with van der Waals surface area (Å²) < 4.78 is 40.2. The minimum Gasteiger partial charge on any atom is -0.366 e. The molecule has 6 rings (SSSR count). The SMILES string of the molecule is Cc1c([C@@H](N)Nc2nnc(C)c3ccc(N4CC5CC[C@H]4CN5C)cc23)cccc1C(F)(F)F. The molecule has 0 aliphatic carbocycles. The molecule has 3 fully saturated rings. The summed E-state index contributed by atoms with van der Waals surface area (Å²) in [7, 11) is 2.19. The van der Waals surface area contributed by atoms with E-state index in [1.165, 1.54) is 25.8 Å². The van der Waals surface area contributed by atoms with Gasteiger partial charge in [0.2, 0.25) is 0 Å². The van der Waals surface area contributed by atoms with Crippen LogP contribution < -0.4 is 16.0 Å². The number of hydrogen-bond donors (Lipinski definition) is 2. The summed E-state index contributed by atoms with van der Waals surface area (Å²) in [4.78, 5) is 4.90. The minimum atomic E-state index is -4.44. The Morgan fingerprint density at radius 1 is 1.03 bits per heavy atom. The average molecular weight is 471 g/mol. The zero-order valence-electron chi connectivity index (χ0n) is 19.5. The van der Waals surface area contributed by atoms with Gasteiger partial charge >= 0.3 is 6.18 Å². The topological polar surface area (TPSA) is 70.3 Å². The summed E-state index contributed by atoms with van der Waals surface area (Å²) in [6.07, 6.45) is -2.92. The first-order chi connectivity index (χ1) is 16.1. The van der Waals surface area contributed by atoms with Crippen LogP contribution in [-0.2, 0) is 6.18 Å². The molecule has 2 bridgehead atoms. The van der Waals surface area contributed by atoms with Crippen molar-refractivity contribution in [2.45, 2.75) is 51.1 Å². The van der Waals surface area contributed by atoms with E-state index in [1.54, 1.807) is 6.07 Å². The summed E-state index contributed by atoms with van der Waals surface area (Å²) in [5.41, 5.74) is 8.05. The van der Waals surface area contributed by atoms with E-state index in [0.717, 1.165) is 41.3 Å². The molecule has 3 saturated heterocycles. The molecule has 3 atom stereocenters. The lowest BCUT2D eigenvalue weighted by molar-refractivity contribution is -0.138. The number of rotatable bonds is 4. The first kappa shape index (κ1) is 22.9. The molecule has 6 nitrogen and oxygen atoms in total.